The van der Waals surface area contributed by atoms with Gasteiger partial charge in [-0.1, -0.05) is 6.08 Å². The van der Waals surface area contributed by atoms with Crippen molar-refractivity contribution in [2.24, 2.45) is 0 Å². The molecule has 0 aliphatic carbocycles. The van der Waals surface area contributed by atoms with Gasteiger partial charge in [-0.15, -0.1) is 11.8 Å². The first kappa shape index (κ1) is 8.48. The fraction of sp³-hybridized carbons (Fsp3) is 0.625. The smallest absolute Gasteiger partial charge is 0.0641 e. The van der Waals surface area contributed by atoms with Gasteiger partial charge in [0.25, 0.3) is 0 Å². The van der Waals surface area contributed by atoms with Crippen LogP contribution in [0, 0.1) is 11.3 Å². The second-order valence-corrected chi connectivity index (χ2v) is 3.53. The maximum atomic E-state index is 8.29. The van der Waals surface area contributed by atoms with E-state index in [1.165, 1.54) is 17.2 Å². The van der Waals surface area contributed by atoms with Crippen molar-refractivity contribution in [3.05, 3.63) is 11.1 Å². The Morgan fingerprint density at radius 1 is 1.73 bits per heavy atom. The molecule has 0 aromatic heterocycles. The molecule has 1 rings (SSSR count). The lowest BCUT2D eigenvalue weighted by Crippen LogP contribution is -2.18. The minimum atomic E-state index is 0.631. The van der Waals surface area contributed by atoms with Gasteiger partial charge in [-0.05, 0) is 12.8 Å². The van der Waals surface area contributed by atoms with Crippen LogP contribution < -0.4 is 5.32 Å². The minimum absolute atomic E-state index is 0.631. The largest absolute Gasteiger partial charge is 0.380 e. The van der Waals surface area contributed by atoms with Crippen molar-refractivity contribution in [2.75, 3.05) is 12.3 Å². The monoisotopic (exact) mass is 168 g/mol. The summed E-state index contributed by atoms with van der Waals surface area (Å²) in [5.41, 5.74) is 0. The molecule has 3 heteroatoms. The van der Waals surface area contributed by atoms with Crippen LogP contribution in [0.4, 0.5) is 0 Å². The van der Waals surface area contributed by atoms with Crippen LogP contribution in [0.2, 0.25) is 0 Å². The Hall–Kier alpha value is -0.620. The van der Waals surface area contributed by atoms with Gasteiger partial charge in [-0.25, -0.2) is 0 Å². The zero-order chi connectivity index (χ0) is 7.94. The van der Waals surface area contributed by atoms with Crippen LogP contribution in [-0.4, -0.2) is 12.3 Å². The van der Waals surface area contributed by atoms with E-state index < -0.39 is 0 Å². The van der Waals surface area contributed by atoms with Crippen LogP contribution in [-0.2, 0) is 0 Å². The Kier molecular flexibility index (Phi) is 3.92. The summed E-state index contributed by atoms with van der Waals surface area (Å²) >= 11 is 1.85. The summed E-state index contributed by atoms with van der Waals surface area (Å²) in [6, 6.07) is 2.13. The number of allylic oxidation sites excluding steroid dienone is 1. The van der Waals surface area contributed by atoms with Gasteiger partial charge < -0.3 is 5.32 Å². The molecule has 0 unspecified atom stereocenters. The van der Waals surface area contributed by atoms with Crippen molar-refractivity contribution in [1.82, 2.24) is 5.32 Å². The van der Waals surface area contributed by atoms with Crippen LogP contribution in [0.25, 0.3) is 0 Å². The predicted molar refractivity (Wildman–Crippen MR) is 48.0 cm³/mol. The fourth-order valence-corrected chi connectivity index (χ4v) is 1.86. The Morgan fingerprint density at radius 2 is 2.64 bits per heavy atom. The molecule has 0 spiro atoms. The SMILES string of the molecule is N#CCC/C=C1\NCCCS1. The first-order valence-electron chi connectivity index (χ1n) is 3.87. The van der Waals surface area contributed by atoms with Crippen molar-refractivity contribution < 1.29 is 0 Å². The molecule has 0 aromatic carbocycles. The molecule has 1 saturated heterocycles. The van der Waals surface area contributed by atoms with Gasteiger partial charge in [0.1, 0.15) is 0 Å². The second-order valence-electron chi connectivity index (χ2n) is 2.39. The number of unbranched alkanes of at least 4 members (excludes halogenated alkanes) is 1. The van der Waals surface area contributed by atoms with Gasteiger partial charge in [0.05, 0.1) is 11.1 Å². The Morgan fingerprint density at radius 3 is 3.27 bits per heavy atom. The molecule has 0 bridgehead atoms. The van der Waals surface area contributed by atoms with E-state index in [1.54, 1.807) is 0 Å². The highest BCUT2D eigenvalue weighted by molar-refractivity contribution is 8.03. The number of nitrogens with one attached hydrogen (secondary N) is 1. The van der Waals surface area contributed by atoms with Crippen LogP contribution in [0.1, 0.15) is 19.3 Å². The molecule has 0 atom stereocenters. The molecular weight excluding hydrogens is 156 g/mol. The van der Waals surface area contributed by atoms with E-state index in [9.17, 15) is 0 Å². The van der Waals surface area contributed by atoms with Crippen molar-refractivity contribution in [3.8, 4) is 6.07 Å². The van der Waals surface area contributed by atoms with Gasteiger partial charge in [-0.3, -0.25) is 0 Å². The average Bonchev–Trinajstić information content (AvgIpc) is 2.07. The lowest BCUT2D eigenvalue weighted by atomic mass is 10.3. The second kappa shape index (κ2) is 5.09. The van der Waals surface area contributed by atoms with E-state index in [2.05, 4.69) is 17.5 Å². The fourth-order valence-electron chi connectivity index (χ4n) is 0.916. The standard InChI is InChI=1S/C8H12N2S/c9-5-2-1-4-8-10-6-3-7-11-8/h4,10H,1-3,6-7H2/b8-4+. The van der Waals surface area contributed by atoms with Gasteiger partial charge in [0.15, 0.2) is 0 Å². The van der Waals surface area contributed by atoms with Crippen molar-refractivity contribution in [3.63, 3.8) is 0 Å². The van der Waals surface area contributed by atoms with E-state index in [0.29, 0.717) is 6.42 Å². The van der Waals surface area contributed by atoms with E-state index in [-0.39, 0.29) is 0 Å². The van der Waals surface area contributed by atoms with Gasteiger partial charge >= 0.3 is 0 Å². The molecule has 0 amide bonds. The zero-order valence-electron chi connectivity index (χ0n) is 6.47. The summed E-state index contributed by atoms with van der Waals surface area (Å²) in [5.74, 6) is 1.21. The number of hydrogen-bond acceptors (Lipinski definition) is 3. The molecule has 1 N–H and O–H groups in total. The Bertz CT molecular complexity index is 173. The topological polar surface area (TPSA) is 35.8 Å². The number of thioether (sulfide) groups is 1. The maximum absolute atomic E-state index is 8.29. The van der Waals surface area contributed by atoms with E-state index in [1.807, 2.05) is 11.8 Å². The summed E-state index contributed by atoms with van der Waals surface area (Å²) in [5, 5.41) is 12.8. The van der Waals surface area contributed by atoms with Crippen LogP contribution >= 0.6 is 11.8 Å². The van der Waals surface area contributed by atoms with Crippen molar-refractivity contribution in [1.29, 1.82) is 5.26 Å². The highest BCUT2D eigenvalue weighted by Crippen LogP contribution is 2.18. The summed E-state index contributed by atoms with van der Waals surface area (Å²) < 4.78 is 0. The van der Waals surface area contributed by atoms with Gasteiger partial charge in [0, 0.05) is 18.7 Å². The molecule has 1 fully saturated rings. The molecule has 1 heterocycles. The molecular formula is C8H12N2S. The third-order valence-electron chi connectivity index (χ3n) is 1.46. The molecule has 0 aromatic rings. The molecule has 0 saturated carbocycles. The number of nitriles is 1. The van der Waals surface area contributed by atoms with Crippen molar-refractivity contribution in [2.45, 2.75) is 19.3 Å². The number of rotatable bonds is 2. The van der Waals surface area contributed by atoms with E-state index in [4.69, 9.17) is 5.26 Å². The molecule has 0 radical (unpaired) electrons. The number of nitrogens with zero attached hydrogens (tertiary/aromatic N) is 1. The normalized spacial score (nSPS) is 20.8. The molecule has 11 heavy (non-hydrogen) atoms. The van der Waals surface area contributed by atoms with Gasteiger partial charge in [-0.2, -0.15) is 5.26 Å². The molecule has 1 aliphatic rings. The third-order valence-corrected chi connectivity index (χ3v) is 2.58. The summed E-state index contributed by atoms with van der Waals surface area (Å²) in [4.78, 5) is 0. The number of hydrogen-bond donors (Lipinski definition) is 1. The minimum Gasteiger partial charge on any atom is -0.380 e. The van der Waals surface area contributed by atoms with Crippen molar-refractivity contribution >= 4 is 11.8 Å². The lowest BCUT2D eigenvalue weighted by molar-refractivity contribution is 0.783. The highest BCUT2D eigenvalue weighted by atomic mass is 32.2. The van der Waals surface area contributed by atoms with Crippen LogP contribution in [0.3, 0.4) is 0 Å². The first-order chi connectivity index (χ1) is 5.43. The van der Waals surface area contributed by atoms with Crippen LogP contribution in [0.15, 0.2) is 11.1 Å². The average molecular weight is 168 g/mol. The quantitative estimate of drug-likeness (QED) is 0.639. The van der Waals surface area contributed by atoms with Gasteiger partial charge in [0.2, 0.25) is 0 Å². The maximum Gasteiger partial charge on any atom is 0.0641 e. The predicted octanol–water partition coefficient (Wildman–Crippen LogP) is 1.86. The molecule has 1 aliphatic heterocycles. The third kappa shape index (κ3) is 3.33. The van der Waals surface area contributed by atoms with E-state index >= 15 is 0 Å². The van der Waals surface area contributed by atoms with Crippen LogP contribution in [0.5, 0.6) is 0 Å². The Balaban J connectivity index is 2.22. The summed E-state index contributed by atoms with van der Waals surface area (Å²) in [6.45, 7) is 1.09. The zero-order valence-corrected chi connectivity index (χ0v) is 7.28. The summed E-state index contributed by atoms with van der Waals surface area (Å²) in [6.07, 6.45) is 4.88. The summed E-state index contributed by atoms with van der Waals surface area (Å²) in [7, 11) is 0. The molecule has 60 valence electrons. The highest BCUT2D eigenvalue weighted by Gasteiger charge is 2.02. The Labute approximate surface area is 71.7 Å². The molecule has 2 nitrogen and oxygen atoms in total. The first-order valence-corrected chi connectivity index (χ1v) is 4.86. The lowest BCUT2D eigenvalue weighted by Gasteiger charge is -2.15. The van der Waals surface area contributed by atoms with E-state index in [0.717, 1.165) is 13.0 Å².